The molecule has 0 radical (unpaired) electrons. The molecule has 1 aliphatic rings. The van der Waals surface area contributed by atoms with E-state index in [9.17, 15) is 13.2 Å². The van der Waals surface area contributed by atoms with Crippen molar-refractivity contribution in [3.05, 3.63) is 144 Å². The average molecular weight is 656 g/mol. The molecule has 206 valence electrons. The smallest absolute Gasteiger partial charge is 0.0771 e. The minimum atomic E-state index is -4.23. The molecule has 0 saturated heterocycles. The fraction of sp³-hybridized carbons (Fsp3) is 0.118. The van der Waals surface area contributed by atoms with Gasteiger partial charge >= 0.3 is 34.6 Å². The van der Waals surface area contributed by atoms with E-state index in [-0.39, 0.29) is 24.8 Å². The molecule has 1 atom stereocenters. The predicted molar refractivity (Wildman–Crippen MR) is 150 cm³/mol. The molecule has 0 saturated carbocycles. The molecule has 6 heteroatoms. The zero-order valence-electron chi connectivity index (χ0n) is 22.1. The molecule has 5 aromatic rings. The van der Waals surface area contributed by atoms with Crippen LogP contribution < -0.4 is 24.8 Å². The van der Waals surface area contributed by atoms with Gasteiger partial charge in [0.25, 0.3) is 0 Å². The van der Waals surface area contributed by atoms with Gasteiger partial charge in [0.2, 0.25) is 0 Å². The molecule has 1 aliphatic carbocycles. The van der Waals surface area contributed by atoms with Gasteiger partial charge in [0, 0.05) is 0 Å². The second-order valence-electron chi connectivity index (χ2n) is 8.61. The van der Waals surface area contributed by atoms with Crippen LogP contribution in [0.15, 0.2) is 121 Å². The van der Waals surface area contributed by atoms with Gasteiger partial charge in [0.15, 0.2) is 0 Å². The SMILES string of the molecule is CC1=[C-]C(C)C=C1c1ccccc1.FC(F)(F)c1cc[c-]cc1.[CH2]=[Zr+2].[Cl-].[Cl-].c1ccc2c(c1)[cH-]c1ccccc12. The van der Waals surface area contributed by atoms with E-state index in [2.05, 4.69) is 115 Å². The topological polar surface area (TPSA) is 0 Å². The molecule has 0 bridgehead atoms. The molecule has 0 heterocycles. The molecule has 5 aromatic carbocycles. The summed E-state index contributed by atoms with van der Waals surface area (Å²) in [6.45, 7) is 4.29. The second kappa shape index (κ2) is 17.2. The van der Waals surface area contributed by atoms with E-state index in [0.29, 0.717) is 5.92 Å². The zero-order valence-corrected chi connectivity index (χ0v) is 26.1. The maximum atomic E-state index is 11.8. The summed E-state index contributed by atoms with van der Waals surface area (Å²) < 4.78 is 38.7. The van der Waals surface area contributed by atoms with Gasteiger partial charge in [-0.3, -0.25) is 6.08 Å². The minimum Gasteiger partial charge on any atom is -1.00 e. The van der Waals surface area contributed by atoms with Crippen molar-refractivity contribution in [3.63, 3.8) is 0 Å². The number of hydrogen-bond donors (Lipinski definition) is 0. The normalized spacial score (nSPS) is 13.5. The summed E-state index contributed by atoms with van der Waals surface area (Å²) in [5, 5.41) is 5.39. The molecule has 40 heavy (non-hydrogen) atoms. The van der Waals surface area contributed by atoms with Crippen molar-refractivity contribution in [2.45, 2.75) is 20.0 Å². The van der Waals surface area contributed by atoms with E-state index in [1.807, 2.05) is 6.07 Å². The van der Waals surface area contributed by atoms with E-state index < -0.39 is 11.7 Å². The Kier molecular flexibility index (Phi) is 15.2. The fourth-order valence-corrected chi connectivity index (χ4v) is 4.25. The van der Waals surface area contributed by atoms with Crippen molar-refractivity contribution in [2.75, 3.05) is 0 Å². The first kappa shape index (κ1) is 35.4. The van der Waals surface area contributed by atoms with Gasteiger partial charge in [-0.15, -0.1) is 45.3 Å². The van der Waals surface area contributed by atoms with Crippen molar-refractivity contribution < 1.29 is 62.2 Å². The van der Waals surface area contributed by atoms with Gasteiger partial charge in [-0.2, -0.15) is 55.2 Å². The van der Waals surface area contributed by atoms with Crippen LogP contribution in [0.25, 0.3) is 27.1 Å². The maximum absolute atomic E-state index is 11.8. The van der Waals surface area contributed by atoms with E-state index >= 15 is 0 Å². The largest absolute Gasteiger partial charge is 1.00 e. The fourth-order valence-electron chi connectivity index (χ4n) is 4.25. The van der Waals surface area contributed by atoms with Crippen LogP contribution in [0.3, 0.4) is 0 Å². The van der Waals surface area contributed by atoms with Gasteiger partial charge in [-0.05, 0) is 0 Å². The molecule has 0 spiro atoms. The van der Waals surface area contributed by atoms with Crippen LogP contribution in [0, 0.1) is 18.1 Å². The van der Waals surface area contributed by atoms with Crippen LogP contribution in [-0.4, -0.2) is 4.21 Å². The van der Waals surface area contributed by atoms with E-state index in [1.165, 1.54) is 74.6 Å². The summed E-state index contributed by atoms with van der Waals surface area (Å²) >= 11 is 1.30. The Morgan fingerprint density at radius 2 is 1.23 bits per heavy atom. The van der Waals surface area contributed by atoms with Crippen molar-refractivity contribution in [1.29, 1.82) is 0 Å². The van der Waals surface area contributed by atoms with Gasteiger partial charge in [0.05, 0.1) is 0 Å². The Morgan fingerprint density at radius 1 is 0.750 bits per heavy atom. The Morgan fingerprint density at radius 3 is 1.65 bits per heavy atom. The van der Waals surface area contributed by atoms with Gasteiger partial charge in [-0.25, -0.2) is 5.57 Å². The Bertz CT molecular complexity index is 1450. The summed E-state index contributed by atoms with van der Waals surface area (Å²) in [6, 6.07) is 36.7. The molecule has 6 rings (SSSR count). The zero-order chi connectivity index (χ0) is 27.5. The van der Waals surface area contributed by atoms with E-state index in [4.69, 9.17) is 0 Å². The van der Waals surface area contributed by atoms with Crippen molar-refractivity contribution >= 4 is 31.3 Å². The van der Waals surface area contributed by atoms with Crippen LogP contribution in [0.2, 0.25) is 0 Å². The number of allylic oxidation sites excluding steroid dienone is 4. The van der Waals surface area contributed by atoms with Gasteiger partial charge < -0.3 is 24.8 Å². The van der Waals surface area contributed by atoms with Crippen LogP contribution in [0.1, 0.15) is 25.0 Å². The average Bonchev–Trinajstić information content (AvgIpc) is 3.50. The van der Waals surface area contributed by atoms with Gasteiger partial charge in [0.1, 0.15) is 0 Å². The number of halogens is 5. The Balaban J connectivity index is 0.000000287. The standard InChI is InChI=1S/C13H9.C13H13.C7H4F3.CH2.2ClH.Zr/c1-3-7-12-10(5-1)9-11-6-2-4-8-13(11)12;1-10-8-11(2)13(9-10)12-6-4-3-5-7-12;8-7(9,10)6-4-2-1-3-5-6;;;;/h1-9H;3-7,9-10H,1-2H3;2-5H;1H2;2*1H;/q3*-1;;;;+2/p-2. The van der Waals surface area contributed by atoms with Gasteiger partial charge in [-0.1, -0.05) is 92.1 Å². The van der Waals surface area contributed by atoms with E-state index in [0.717, 1.165) is 12.1 Å². The molecular formula is C34H28Cl2F3Zr-3. The first-order chi connectivity index (χ1) is 18.3. The van der Waals surface area contributed by atoms with Crippen LogP contribution in [-0.2, 0) is 30.4 Å². The molecular weight excluding hydrogens is 627 g/mol. The van der Waals surface area contributed by atoms with Crippen LogP contribution >= 0.6 is 0 Å². The number of benzene rings is 4. The third-order valence-corrected chi connectivity index (χ3v) is 5.92. The third-order valence-electron chi connectivity index (χ3n) is 5.92. The first-order valence-corrected chi connectivity index (χ1v) is 13.9. The second-order valence-corrected chi connectivity index (χ2v) is 8.61. The number of alkyl halides is 3. The summed E-state index contributed by atoms with van der Waals surface area (Å²) in [5.74, 6) is 0.468. The Hall–Kier alpha value is -2.65. The van der Waals surface area contributed by atoms with Crippen LogP contribution in [0.5, 0.6) is 0 Å². The predicted octanol–water partition coefficient (Wildman–Crippen LogP) is 3.66. The molecule has 0 fully saturated rings. The quantitative estimate of drug-likeness (QED) is 0.242. The summed E-state index contributed by atoms with van der Waals surface area (Å²) in [7, 11) is 0. The molecule has 0 N–H and O–H groups in total. The van der Waals surface area contributed by atoms with E-state index in [1.54, 1.807) is 0 Å². The number of rotatable bonds is 1. The molecule has 1 unspecified atom stereocenters. The first-order valence-electron chi connectivity index (χ1n) is 12.1. The van der Waals surface area contributed by atoms with Crippen molar-refractivity contribution in [3.8, 4) is 0 Å². The summed E-state index contributed by atoms with van der Waals surface area (Å²) in [6.07, 6.45) is 1.43. The molecule has 0 aromatic heterocycles. The number of hydrogen-bond acceptors (Lipinski definition) is 0. The van der Waals surface area contributed by atoms with Crippen molar-refractivity contribution in [1.82, 2.24) is 0 Å². The maximum Gasteiger partial charge on any atom is -0.0771 e. The molecule has 0 nitrogen and oxygen atoms in total. The minimum absolute atomic E-state index is 0. The molecule has 0 aliphatic heterocycles. The summed E-state index contributed by atoms with van der Waals surface area (Å²) in [4.78, 5) is 0. The van der Waals surface area contributed by atoms with Crippen LogP contribution in [0.4, 0.5) is 13.2 Å². The summed E-state index contributed by atoms with van der Waals surface area (Å²) in [5.41, 5.74) is 3.29. The van der Waals surface area contributed by atoms with Crippen molar-refractivity contribution in [2.24, 2.45) is 5.92 Å². The Labute approximate surface area is 262 Å². The monoisotopic (exact) mass is 653 g/mol. The third kappa shape index (κ3) is 9.77. The molecule has 0 amide bonds. The number of fused-ring (bicyclic) bond motifs is 3.